The van der Waals surface area contributed by atoms with Crippen LogP contribution in [-0.2, 0) is 16.1 Å². The maximum absolute atomic E-state index is 11.7. The minimum atomic E-state index is 0. The third kappa shape index (κ3) is 12.6. The second-order valence-corrected chi connectivity index (χ2v) is 6.53. The molecule has 3 N–H and O–H groups in total. The van der Waals surface area contributed by atoms with Gasteiger partial charge >= 0.3 is 0 Å². The third-order valence-electron chi connectivity index (χ3n) is 3.94. The van der Waals surface area contributed by atoms with Gasteiger partial charge in [-0.1, -0.05) is 19.1 Å². The Bertz CT molecular complexity index is 612. The summed E-state index contributed by atoms with van der Waals surface area (Å²) in [7, 11) is 1.69. The summed E-state index contributed by atoms with van der Waals surface area (Å²) in [6.07, 6.45) is 2.20. The second-order valence-electron chi connectivity index (χ2n) is 6.53. The van der Waals surface area contributed by atoms with Crippen molar-refractivity contribution in [1.82, 2.24) is 16.0 Å². The highest BCUT2D eigenvalue weighted by molar-refractivity contribution is 14.0. The summed E-state index contributed by atoms with van der Waals surface area (Å²) in [5.74, 6) is 1.60. The average molecular weight is 520 g/mol. The fourth-order valence-electron chi connectivity index (χ4n) is 2.47. The van der Waals surface area contributed by atoms with Gasteiger partial charge in [-0.2, -0.15) is 0 Å². The molecule has 0 aliphatic heterocycles. The first kappa shape index (κ1) is 27.5. The molecule has 0 saturated heterocycles. The number of amides is 1. The molecular formula is C21H37IN4O3. The molecule has 0 aromatic heterocycles. The highest BCUT2D eigenvalue weighted by atomic mass is 127. The number of halogens is 1. The molecule has 0 atom stereocenters. The van der Waals surface area contributed by atoms with Crippen LogP contribution in [0, 0.1) is 6.92 Å². The van der Waals surface area contributed by atoms with Gasteiger partial charge in [0.25, 0.3) is 0 Å². The van der Waals surface area contributed by atoms with Crippen molar-refractivity contribution in [3.05, 3.63) is 29.3 Å². The summed E-state index contributed by atoms with van der Waals surface area (Å²) in [5.41, 5.74) is 2.18. The third-order valence-corrected chi connectivity index (χ3v) is 3.94. The molecule has 0 aliphatic carbocycles. The standard InChI is InChI=1S/C21H36N4O3.HI/c1-5-11-23-20(26)10-12-24-21(22-6-2)25-16-18-9-8-17(3)15-19(18)28-14-7-13-27-4;/h8-9,15H,5-7,10-14,16H2,1-4H3,(H,23,26)(H2,22,24,25);1H. The van der Waals surface area contributed by atoms with Crippen molar-refractivity contribution in [3.63, 3.8) is 0 Å². The van der Waals surface area contributed by atoms with Gasteiger partial charge in [0.1, 0.15) is 5.75 Å². The molecule has 166 valence electrons. The van der Waals surface area contributed by atoms with Crippen LogP contribution in [0.1, 0.15) is 44.2 Å². The van der Waals surface area contributed by atoms with E-state index in [1.165, 1.54) is 0 Å². The molecule has 1 amide bonds. The number of methoxy groups -OCH3 is 1. The summed E-state index contributed by atoms with van der Waals surface area (Å²) in [4.78, 5) is 16.3. The van der Waals surface area contributed by atoms with E-state index < -0.39 is 0 Å². The molecule has 1 aromatic rings. The van der Waals surface area contributed by atoms with Crippen LogP contribution in [0.5, 0.6) is 5.75 Å². The van der Waals surface area contributed by atoms with Gasteiger partial charge in [0, 0.05) is 51.8 Å². The molecule has 1 rings (SSSR count). The number of aryl methyl sites for hydroxylation is 1. The topological polar surface area (TPSA) is 84.0 Å². The molecule has 8 heteroatoms. The number of rotatable bonds is 13. The van der Waals surface area contributed by atoms with E-state index in [0.717, 1.165) is 36.3 Å². The lowest BCUT2D eigenvalue weighted by molar-refractivity contribution is -0.120. The number of hydrogen-bond donors (Lipinski definition) is 3. The van der Waals surface area contributed by atoms with Crippen LogP contribution < -0.4 is 20.7 Å². The number of carbonyl (C=O) groups is 1. The molecule has 0 aliphatic rings. The van der Waals surface area contributed by atoms with E-state index in [0.29, 0.717) is 45.2 Å². The molecule has 1 aromatic carbocycles. The molecule has 0 bridgehead atoms. The molecule has 0 saturated carbocycles. The Labute approximate surface area is 192 Å². The lowest BCUT2D eigenvalue weighted by atomic mass is 10.1. The number of aliphatic imine (C=N–C) groups is 1. The van der Waals surface area contributed by atoms with Crippen LogP contribution in [-0.4, -0.2) is 51.8 Å². The summed E-state index contributed by atoms with van der Waals surface area (Å²) >= 11 is 0. The van der Waals surface area contributed by atoms with Gasteiger partial charge in [0.05, 0.1) is 13.2 Å². The molecule has 0 radical (unpaired) electrons. The first-order chi connectivity index (χ1) is 13.6. The predicted molar refractivity (Wildman–Crippen MR) is 129 cm³/mol. The van der Waals surface area contributed by atoms with Crippen LogP contribution in [0.15, 0.2) is 23.2 Å². The Morgan fingerprint density at radius 2 is 1.90 bits per heavy atom. The van der Waals surface area contributed by atoms with Gasteiger partial charge < -0.3 is 25.4 Å². The van der Waals surface area contributed by atoms with Crippen LogP contribution in [0.25, 0.3) is 0 Å². The largest absolute Gasteiger partial charge is 0.493 e. The first-order valence-corrected chi connectivity index (χ1v) is 10.1. The monoisotopic (exact) mass is 520 g/mol. The van der Waals surface area contributed by atoms with Crippen molar-refractivity contribution in [3.8, 4) is 5.75 Å². The quantitative estimate of drug-likeness (QED) is 0.161. The van der Waals surface area contributed by atoms with Crippen LogP contribution >= 0.6 is 24.0 Å². The maximum atomic E-state index is 11.7. The van der Waals surface area contributed by atoms with E-state index >= 15 is 0 Å². The van der Waals surface area contributed by atoms with Crippen molar-refractivity contribution >= 4 is 35.8 Å². The lowest BCUT2D eigenvalue weighted by Crippen LogP contribution is -2.39. The highest BCUT2D eigenvalue weighted by Crippen LogP contribution is 2.21. The molecule has 0 fully saturated rings. The van der Waals surface area contributed by atoms with E-state index in [2.05, 4.69) is 27.0 Å². The number of nitrogens with one attached hydrogen (secondary N) is 3. The number of nitrogens with zero attached hydrogens (tertiary/aromatic N) is 1. The number of hydrogen-bond acceptors (Lipinski definition) is 4. The Balaban J connectivity index is 0.00000784. The smallest absolute Gasteiger partial charge is 0.221 e. The fourth-order valence-corrected chi connectivity index (χ4v) is 2.47. The van der Waals surface area contributed by atoms with Gasteiger partial charge in [-0.25, -0.2) is 4.99 Å². The first-order valence-electron chi connectivity index (χ1n) is 10.1. The van der Waals surface area contributed by atoms with Gasteiger partial charge in [-0.05, 0) is 31.9 Å². The van der Waals surface area contributed by atoms with E-state index in [1.54, 1.807) is 7.11 Å². The number of guanidine groups is 1. The zero-order chi connectivity index (χ0) is 20.6. The molecule has 0 heterocycles. The van der Waals surface area contributed by atoms with Gasteiger partial charge in [-0.3, -0.25) is 4.79 Å². The Kier molecular flexibility index (Phi) is 16.4. The van der Waals surface area contributed by atoms with E-state index in [9.17, 15) is 4.79 Å². The Morgan fingerprint density at radius 3 is 2.59 bits per heavy atom. The Morgan fingerprint density at radius 1 is 1.10 bits per heavy atom. The van der Waals surface area contributed by atoms with Crippen molar-refractivity contribution < 1.29 is 14.3 Å². The summed E-state index contributed by atoms with van der Waals surface area (Å²) in [6.45, 7) is 9.89. The molecule has 29 heavy (non-hydrogen) atoms. The van der Waals surface area contributed by atoms with Crippen LogP contribution in [0.3, 0.4) is 0 Å². The second kappa shape index (κ2) is 17.3. The van der Waals surface area contributed by atoms with Gasteiger partial charge in [-0.15, -0.1) is 24.0 Å². The van der Waals surface area contributed by atoms with Gasteiger partial charge in [0.2, 0.25) is 5.91 Å². The fraction of sp³-hybridized carbons (Fsp3) is 0.619. The van der Waals surface area contributed by atoms with E-state index in [1.807, 2.05) is 32.9 Å². The maximum Gasteiger partial charge on any atom is 0.221 e. The van der Waals surface area contributed by atoms with Crippen molar-refractivity contribution in [1.29, 1.82) is 0 Å². The van der Waals surface area contributed by atoms with Gasteiger partial charge in [0.15, 0.2) is 5.96 Å². The summed E-state index contributed by atoms with van der Waals surface area (Å²) < 4.78 is 11.0. The predicted octanol–water partition coefficient (Wildman–Crippen LogP) is 3.00. The highest BCUT2D eigenvalue weighted by Gasteiger charge is 2.06. The number of carbonyl (C=O) groups excluding carboxylic acids is 1. The minimum absolute atomic E-state index is 0. The van der Waals surface area contributed by atoms with Crippen molar-refractivity contribution in [2.24, 2.45) is 4.99 Å². The van der Waals surface area contributed by atoms with Crippen LogP contribution in [0.2, 0.25) is 0 Å². The number of ether oxygens (including phenoxy) is 2. The lowest BCUT2D eigenvalue weighted by Gasteiger charge is -2.14. The van der Waals surface area contributed by atoms with Crippen molar-refractivity contribution in [2.75, 3.05) is 40.0 Å². The van der Waals surface area contributed by atoms with E-state index in [-0.39, 0.29) is 29.9 Å². The molecule has 0 spiro atoms. The number of benzene rings is 1. The SMILES string of the molecule is CCCNC(=O)CCNC(=NCc1ccc(C)cc1OCCCOC)NCC.I. The summed E-state index contributed by atoms with van der Waals surface area (Å²) in [5, 5.41) is 9.29. The zero-order valence-electron chi connectivity index (χ0n) is 18.2. The minimum Gasteiger partial charge on any atom is -0.493 e. The van der Waals surface area contributed by atoms with E-state index in [4.69, 9.17) is 9.47 Å². The molecule has 7 nitrogen and oxygen atoms in total. The van der Waals surface area contributed by atoms with Crippen LogP contribution in [0.4, 0.5) is 0 Å². The zero-order valence-corrected chi connectivity index (χ0v) is 20.5. The molecular weight excluding hydrogens is 483 g/mol. The Hall–Kier alpha value is -1.55. The normalized spacial score (nSPS) is 10.8. The van der Waals surface area contributed by atoms with Crippen molar-refractivity contribution in [2.45, 2.75) is 46.6 Å². The average Bonchev–Trinajstić information content (AvgIpc) is 2.68. The molecule has 0 unspecified atom stereocenters. The summed E-state index contributed by atoms with van der Waals surface area (Å²) in [6, 6.07) is 6.15.